The van der Waals surface area contributed by atoms with Gasteiger partial charge in [-0.15, -0.1) is 0 Å². The Morgan fingerprint density at radius 1 is 1.50 bits per heavy atom. The van der Waals surface area contributed by atoms with Gasteiger partial charge in [-0.3, -0.25) is 4.90 Å². The molecule has 1 atom stereocenters. The third-order valence-electron chi connectivity index (χ3n) is 3.46. The molecule has 0 saturated heterocycles. The van der Waals surface area contributed by atoms with Crippen LogP contribution in [0.15, 0.2) is 11.6 Å². The standard InChI is InChI=1S/C13H26N2O/c1-11(2)13(8-14)9-15-6-4-12(5-7-15)10-16-3/h4,11,13H,5-10,14H2,1-3H3. The van der Waals surface area contributed by atoms with Crippen molar-refractivity contribution in [2.75, 3.05) is 39.9 Å². The molecule has 0 fully saturated rings. The Bertz CT molecular complexity index is 226. The van der Waals surface area contributed by atoms with Gasteiger partial charge in [0.25, 0.3) is 0 Å². The van der Waals surface area contributed by atoms with Crippen LogP contribution in [0.4, 0.5) is 0 Å². The number of ether oxygens (including phenoxy) is 1. The molecule has 0 aromatic carbocycles. The van der Waals surface area contributed by atoms with Crippen LogP contribution < -0.4 is 5.73 Å². The van der Waals surface area contributed by atoms with Crippen molar-refractivity contribution in [1.82, 2.24) is 4.90 Å². The van der Waals surface area contributed by atoms with E-state index in [9.17, 15) is 0 Å². The monoisotopic (exact) mass is 226 g/mol. The highest BCUT2D eigenvalue weighted by molar-refractivity contribution is 5.07. The summed E-state index contributed by atoms with van der Waals surface area (Å²) in [5.74, 6) is 1.30. The first-order chi connectivity index (χ1) is 7.67. The van der Waals surface area contributed by atoms with Gasteiger partial charge in [-0.1, -0.05) is 19.9 Å². The SMILES string of the molecule is COCC1=CCN(CC(CN)C(C)C)CC1. The summed E-state index contributed by atoms with van der Waals surface area (Å²) in [5.41, 5.74) is 7.24. The predicted octanol–water partition coefficient (Wildman–Crippen LogP) is 1.50. The maximum atomic E-state index is 5.80. The predicted molar refractivity (Wildman–Crippen MR) is 68.4 cm³/mol. The summed E-state index contributed by atoms with van der Waals surface area (Å²) in [6.45, 7) is 9.44. The molecule has 1 aliphatic heterocycles. The molecule has 0 saturated carbocycles. The Labute approximate surface area is 99.6 Å². The van der Waals surface area contributed by atoms with Gasteiger partial charge >= 0.3 is 0 Å². The van der Waals surface area contributed by atoms with E-state index in [0.29, 0.717) is 11.8 Å². The highest BCUT2D eigenvalue weighted by Crippen LogP contribution is 2.16. The second-order valence-corrected chi connectivity index (χ2v) is 5.04. The Kier molecular flexibility index (Phi) is 6.03. The molecule has 2 N–H and O–H groups in total. The first kappa shape index (κ1) is 13.7. The molecule has 0 aliphatic carbocycles. The van der Waals surface area contributed by atoms with Crippen LogP contribution in [0.2, 0.25) is 0 Å². The summed E-state index contributed by atoms with van der Waals surface area (Å²) in [7, 11) is 1.76. The zero-order valence-electron chi connectivity index (χ0n) is 10.9. The molecule has 1 unspecified atom stereocenters. The molecule has 1 aliphatic rings. The van der Waals surface area contributed by atoms with Crippen molar-refractivity contribution in [2.24, 2.45) is 17.6 Å². The van der Waals surface area contributed by atoms with Gasteiger partial charge < -0.3 is 10.5 Å². The molecule has 16 heavy (non-hydrogen) atoms. The normalized spacial score (nSPS) is 19.9. The fraction of sp³-hybridized carbons (Fsp3) is 0.846. The van der Waals surface area contributed by atoms with E-state index in [4.69, 9.17) is 10.5 Å². The molecule has 0 spiro atoms. The van der Waals surface area contributed by atoms with Gasteiger partial charge in [0, 0.05) is 26.7 Å². The van der Waals surface area contributed by atoms with E-state index in [-0.39, 0.29) is 0 Å². The summed E-state index contributed by atoms with van der Waals surface area (Å²) < 4.78 is 5.15. The molecular formula is C13H26N2O. The average Bonchev–Trinajstić information content (AvgIpc) is 2.28. The maximum Gasteiger partial charge on any atom is 0.0673 e. The summed E-state index contributed by atoms with van der Waals surface area (Å²) in [5, 5.41) is 0. The van der Waals surface area contributed by atoms with Crippen molar-refractivity contribution < 1.29 is 4.74 Å². The highest BCUT2D eigenvalue weighted by atomic mass is 16.5. The van der Waals surface area contributed by atoms with Crippen molar-refractivity contribution >= 4 is 0 Å². The van der Waals surface area contributed by atoms with Gasteiger partial charge in [-0.2, -0.15) is 0 Å². The van der Waals surface area contributed by atoms with Crippen LogP contribution in [0.3, 0.4) is 0 Å². The van der Waals surface area contributed by atoms with E-state index in [1.807, 2.05) is 0 Å². The summed E-state index contributed by atoms with van der Waals surface area (Å²) in [4.78, 5) is 2.50. The minimum absolute atomic E-state index is 0.623. The first-order valence-electron chi connectivity index (χ1n) is 6.26. The lowest BCUT2D eigenvalue weighted by Gasteiger charge is -2.31. The molecule has 0 aromatic heterocycles. The topological polar surface area (TPSA) is 38.5 Å². The van der Waals surface area contributed by atoms with Crippen molar-refractivity contribution in [3.05, 3.63) is 11.6 Å². The molecule has 0 bridgehead atoms. The Morgan fingerprint density at radius 2 is 2.25 bits per heavy atom. The summed E-state index contributed by atoms with van der Waals surface area (Å²) in [6, 6.07) is 0. The number of methoxy groups -OCH3 is 1. The minimum atomic E-state index is 0.623. The van der Waals surface area contributed by atoms with Crippen LogP contribution in [-0.2, 0) is 4.74 Å². The van der Waals surface area contributed by atoms with Crippen molar-refractivity contribution in [3.63, 3.8) is 0 Å². The van der Waals surface area contributed by atoms with Gasteiger partial charge in [-0.25, -0.2) is 0 Å². The maximum absolute atomic E-state index is 5.80. The van der Waals surface area contributed by atoms with Gasteiger partial charge in [0.1, 0.15) is 0 Å². The molecular weight excluding hydrogens is 200 g/mol. The number of nitrogens with two attached hydrogens (primary N) is 1. The quantitative estimate of drug-likeness (QED) is 0.698. The van der Waals surface area contributed by atoms with Crippen LogP contribution in [0.5, 0.6) is 0 Å². The zero-order chi connectivity index (χ0) is 12.0. The highest BCUT2D eigenvalue weighted by Gasteiger charge is 2.18. The van der Waals surface area contributed by atoms with E-state index in [1.165, 1.54) is 5.57 Å². The fourth-order valence-electron chi connectivity index (χ4n) is 2.12. The lowest BCUT2D eigenvalue weighted by atomic mass is 9.94. The van der Waals surface area contributed by atoms with Gasteiger partial charge in [0.2, 0.25) is 0 Å². The molecule has 0 amide bonds. The third-order valence-corrected chi connectivity index (χ3v) is 3.46. The summed E-state index contributed by atoms with van der Waals surface area (Å²) in [6.07, 6.45) is 3.45. The van der Waals surface area contributed by atoms with Crippen molar-refractivity contribution in [1.29, 1.82) is 0 Å². The second-order valence-electron chi connectivity index (χ2n) is 5.04. The van der Waals surface area contributed by atoms with Gasteiger partial charge in [0.15, 0.2) is 0 Å². The zero-order valence-corrected chi connectivity index (χ0v) is 10.9. The van der Waals surface area contributed by atoms with Crippen LogP contribution in [-0.4, -0.2) is 44.8 Å². The van der Waals surface area contributed by atoms with Crippen LogP contribution in [0.1, 0.15) is 20.3 Å². The molecule has 1 heterocycles. The fourth-order valence-corrected chi connectivity index (χ4v) is 2.12. The van der Waals surface area contributed by atoms with Gasteiger partial charge in [0.05, 0.1) is 6.61 Å². The van der Waals surface area contributed by atoms with Crippen LogP contribution in [0, 0.1) is 11.8 Å². The number of hydrogen-bond donors (Lipinski definition) is 1. The van der Waals surface area contributed by atoms with E-state index >= 15 is 0 Å². The largest absolute Gasteiger partial charge is 0.380 e. The van der Waals surface area contributed by atoms with Crippen molar-refractivity contribution in [3.8, 4) is 0 Å². The minimum Gasteiger partial charge on any atom is -0.380 e. The molecule has 3 nitrogen and oxygen atoms in total. The molecule has 0 aromatic rings. The molecule has 3 heteroatoms. The lowest BCUT2D eigenvalue weighted by Crippen LogP contribution is -2.38. The van der Waals surface area contributed by atoms with E-state index < -0.39 is 0 Å². The van der Waals surface area contributed by atoms with E-state index in [0.717, 1.165) is 39.2 Å². The second kappa shape index (κ2) is 7.05. The Balaban J connectivity index is 2.36. The van der Waals surface area contributed by atoms with Crippen LogP contribution in [0.25, 0.3) is 0 Å². The number of hydrogen-bond acceptors (Lipinski definition) is 3. The molecule has 94 valence electrons. The third kappa shape index (κ3) is 4.24. The van der Waals surface area contributed by atoms with E-state index in [2.05, 4.69) is 24.8 Å². The summed E-state index contributed by atoms with van der Waals surface area (Å²) >= 11 is 0. The first-order valence-corrected chi connectivity index (χ1v) is 6.26. The molecule has 1 rings (SSSR count). The number of rotatable bonds is 6. The van der Waals surface area contributed by atoms with Gasteiger partial charge in [-0.05, 0) is 30.4 Å². The lowest BCUT2D eigenvalue weighted by molar-refractivity contribution is 0.194. The Hall–Kier alpha value is -0.380. The van der Waals surface area contributed by atoms with E-state index in [1.54, 1.807) is 7.11 Å². The van der Waals surface area contributed by atoms with Crippen molar-refractivity contribution in [2.45, 2.75) is 20.3 Å². The van der Waals surface area contributed by atoms with Crippen LogP contribution >= 0.6 is 0 Å². The Morgan fingerprint density at radius 3 is 2.69 bits per heavy atom. The number of nitrogens with zero attached hydrogens (tertiary/aromatic N) is 1. The average molecular weight is 226 g/mol. The smallest absolute Gasteiger partial charge is 0.0673 e. The molecule has 0 radical (unpaired) electrons.